The Balaban J connectivity index is 1.18. The lowest BCUT2D eigenvalue weighted by Crippen LogP contribution is -2.40. The van der Waals surface area contributed by atoms with E-state index >= 15 is 0 Å². The average molecular weight is 380 g/mol. The van der Waals surface area contributed by atoms with Gasteiger partial charge in [0.15, 0.2) is 6.61 Å². The number of para-hydroxylation sites is 1. The first kappa shape index (κ1) is 17.2. The van der Waals surface area contributed by atoms with Gasteiger partial charge in [0, 0.05) is 5.69 Å². The molecular weight excluding hydrogens is 360 g/mol. The van der Waals surface area contributed by atoms with Gasteiger partial charge in [0.25, 0.3) is 5.91 Å². The molecule has 6 atom stereocenters. The van der Waals surface area contributed by atoms with Crippen molar-refractivity contribution in [3.05, 3.63) is 42.5 Å². The van der Waals surface area contributed by atoms with E-state index in [1.165, 1.54) is 0 Å². The number of amides is 3. The van der Waals surface area contributed by atoms with E-state index in [9.17, 15) is 19.2 Å². The molecule has 7 heteroatoms. The molecule has 6 rings (SSSR count). The molecule has 3 fully saturated rings. The van der Waals surface area contributed by atoms with Crippen LogP contribution >= 0.6 is 0 Å². The van der Waals surface area contributed by atoms with E-state index < -0.39 is 25.0 Å². The lowest BCUT2D eigenvalue weighted by molar-refractivity contribution is -0.154. The Morgan fingerprint density at radius 1 is 1.00 bits per heavy atom. The van der Waals surface area contributed by atoms with Crippen LogP contribution in [0.15, 0.2) is 42.5 Å². The van der Waals surface area contributed by atoms with Gasteiger partial charge in [0.2, 0.25) is 11.8 Å². The summed E-state index contributed by atoms with van der Waals surface area (Å²) in [6, 6.07) is 8.81. The number of likely N-dealkylation sites (tertiary alicyclic amines) is 1. The number of carbonyl (C=O) groups is 4. The Morgan fingerprint density at radius 3 is 2.21 bits per heavy atom. The van der Waals surface area contributed by atoms with Crippen LogP contribution in [0.2, 0.25) is 0 Å². The molecule has 1 N–H and O–H groups in total. The zero-order valence-electron chi connectivity index (χ0n) is 15.1. The van der Waals surface area contributed by atoms with Crippen molar-refractivity contribution in [2.24, 2.45) is 35.5 Å². The molecule has 1 saturated heterocycles. The van der Waals surface area contributed by atoms with E-state index in [0.717, 1.165) is 11.3 Å². The first-order chi connectivity index (χ1) is 13.5. The van der Waals surface area contributed by atoms with Crippen LogP contribution in [-0.2, 0) is 23.9 Å². The van der Waals surface area contributed by atoms with Crippen molar-refractivity contribution in [3.63, 3.8) is 0 Å². The summed E-state index contributed by atoms with van der Waals surface area (Å²) in [5.41, 5.74) is 0.596. The fraction of sp³-hybridized carbons (Fsp3) is 0.429. The van der Waals surface area contributed by atoms with Gasteiger partial charge in [-0.2, -0.15) is 0 Å². The summed E-state index contributed by atoms with van der Waals surface area (Å²) in [4.78, 5) is 50.7. The Hall–Kier alpha value is -2.96. The Kier molecular flexibility index (Phi) is 3.86. The monoisotopic (exact) mass is 380 g/mol. The van der Waals surface area contributed by atoms with Crippen molar-refractivity contribution in [1.82, 2.24) is 4.90 Å². The van der Waals surface area contributed by atoms with Gasteiger partial charge in [-0.3, -0.25) is 24.1 Å². The average Bonchev–Trinajstić information content (AvgIpc) is 3.48. The highest BCUT2D eigenvalue weighted by molar-refractivity contribution is 6.08. The van der Waals surface area contributed by atoms with Crippen molar-refractivity contribution < 1.29 is 23.9 Å². The summed E-state index contributed by atoms with van der Waals surface area (Å²) < 4.78 is 4.97. The summed E-state index contributed by atoms with van der Waals surface area (Å²) in [7, 11) is 0. The molecule has 0 spiro atoms. The number of imide groups is 1. The molecule has 144 valence electrons. The van der Waals surface area contributed by atoms with Crippen molar-refractivity contribution in [2.75, 3.05) is 18.5 Å². The van der Waals surface area contributed by atoms with E-state index in [2.05, 4.69) is 17.5 Å². The molecule has 1 aliphatic heterocycles. The number of anilines is 1. The third-order valence-corrected chi connectivity index (χ3v) is 6.46. The molecule has 1 aromatic rings. The van der Waals surface area contributed by atoms with Gasteiger partial charge >= 0.3 is 5.97 Å². The maximum atomic E-state index is 12.8. The highest BCUT2D eigenvalue weighted by Gasteiger charge is 2.67. The van der Waals surface area contributed by atoms with Gasteiger partial charge in [0.05, 0.1) is 11.8 Å². The zero-order valence-corrected chi connectivity index (χ0v) is 15.1. The highest BCUT2D eigenvalue weighted by atomic mass is 16.5. The topological polar surface area (TPSA) is 92.8 Å². The fourth-order valence-electron chi connectivity index (χ4n) is 5.21. The molecule has 5 aliphatic rings. The minimum Gasteiger partial charge on any atom is -0.454 e. The SMILES string of the molecule is O=C(COC(=O)CN1C(=O)[C@@H]2[C@H]3C=C[C@@H]([C@@H]4C[C@@H]34)[C@H]2C1=O)Nc1ccccc1. The predicted octanol–water partition coefficient (Wildman–Crippen LogP) is 1.22. The molecule has 2 saturated carbocycles. The van der Waals surface area contributed by atoms with Crippen molar-refractivity contribution in [1.29, 1.82) is 0 Å². The molecule has 1 heterocycles. The second-order valence-electron chi connectivity index (χ2n) is 7.99. The highest BCUT2D eigenvalue weighted by Crippen LogP contribution is 2.65. The summed E-state index contributed by atoms with van der Waals surface area (Å²) >= 11 is 0. The second-order valence-corrected chi connectivity index (χ2v) is 7.99. The van der Waals surface area contributed by atoms with Crippen LogP contribution < -0.4 is 5.32 Å². The van der Waals surface area contributed by atoms with Gasteiger partial charge in [0.1, 0.15) is 6.54 Å². The zero-order chi connectivity index (χ0) is 19.4. The summed E-state index contributed by atoms with van der Waals surface area (Å²) in [6.07, 6.45) is 5.26. The van der Waals surface area contributed by atoms with Crippen molar-refractivity contribution in [2.45, 2.75) is 6.42 Å². The van der Waals surface area contributed by atoms with Crippen LogP contribution in [-0.4, -0.2) is 41.7 Å². The van der Waals surface area contributed by atoms with Gasteiger partial charge in [-0.25, -0.2) is 0 Å². The fourth-order valence-corrected chi connectivity index (χ4v) is 5.21. The smallest absolute Gasteiger partial charge is 0.326 e. The first-order valence-corrected chi connectivity index (χ1v) is 9.58. The standard InChI is InChI=1S/C21H20N2O5/c24-16(22-11-4-2-1-3-5-11)10-28-17(25)9-23-20(26)18-12-6-7-13(15-8-14(12)15)19(18)21(23)27/h1-7,12-15,18-19H,8-10H2,(H,22,24)/t12-,13-,14-,15-,18+,19+/m0/s1. The normalized spacial score (nSPS) is 34.1. The van der Waals surface area contributed by atoms with Crippen LogP contribution in [0.4, 0.5) is 5.69 Å². The molecule has 3 amide bonds. The van der Waals surface area contributed by atoms with Crippen molar-refractivity contribution >= 4 is 29.4 Å². The second kappa shape index (κ2) is 6.29. The molecule has 28 heavy (non-hydrogen) atoms. The minimum absolute atomic E-state index is 0.120. The Bertz CT molecular complexity index is 859. The number of esters is 1. The third-order valence-electron chi connectivity index (χ3n) is 6.46. The maximum absolute atomic E-state index is 12.8. The molecule has 0 radical (unpaired) electrons. The number of rotatable bonds is 5. The number of ether oxygens (including phenoxy) is 1. The molecule has 7 nitrogen and oxygen atoms in total. The molecular formula is C21H20N2O5. The number of nitrogens with zero attached hydrogens (tertiary/aromatic N) is 1. The van der Waals surface area contributed by atoms with Crippen molar-refractivity contribution in [3.8, 4) is 0 Å². The number of carbonyl (C=O) groups excluding carboxylic acids is 4. The van der Waals surface area contributed by atoms with Crippen LogP contribution in [0.1, 0.15) is 6.42 Å². The summed E-state index contributed by atoms with van der Waals surface area (Å²) in [6.45, 7) is -0.897. The lowest BCUT2D eigenvalue weighted by Gasteiger charge is -2.37. The minimum atomic E-state index is -0.756. The third kappa shape index (κ3) is 2.65. The number of hydrogen-bond donors (Lipinski definition) is 1. The largest absolute Gasteiger partial charge is 0.454 e. The van der Waals surface area contributed by atoms with E-state index in [-0.39, 0.29) is 35.5 Å². The first-order valence-electron chi connectivity index (χ1n) is 9.58. The van der Waals surface area contributed by atoms with Crippen LogP contribution in [0, 0.1) is 35.5 Å². The predicted molar refractivity (Wildman–Crippen MR) is 97.4 cm³/mol. The Labute approximate surface area is 161 Å². The number of allylic oxidation sites excluding steroid dienone is 2. The van der Waals surface area contributed by atoms with E-state index in [1.807, 2.05) is 6.07 Å². The van der Waals surface area contributed by atoms with E-state index in [0.29, 0.717) is 17.5 Å². The quantitative estimate of drug-likeness (QED) is 0.471. The number of hydrogen-bond acceptors (Lipinski definition) is 5. The maximum Gasteiger partial charge on any atom is 0.326 e. The van der Waals surface area contributed by atoms with E-state index in [4.69, 9.17) is 4.74 Å². The molecule has 1 aromatic carbocycles. The van der Waals surface area contributed by atoms with Gasteiger partial charge < -0.3 is 10.1 Å². The van der Waals surface area contributed by atoms with Gasteiger partial charge in [-0.1, -0.05) is 30.4 Å². The molecule has 0 aromatic heterocycles. The van der Waals surface area contributed by atoms with Crippen LogP contribution in [0.25, 0.3) is 0 Å². The van der Waals surface area contributed by atoms with E-state index in [1.54, 1.807) is 24.3 Å². The molecule has 2 bridgehead atoms. The summed E-state index contributed by atoms with van der Waals surface area (Å²) in [5, 5.41) is 2.61. The van der Waals surface area contributed by atoms with Crippen LogP contribution in [0.5, 0.6) is 0 Å². The van der Waals surface area contributed by atoms with Crippen LogP contribution in [0.3, 0.4) is 0 Å². The number of benzene rings is 1. The van der Waals surface area contributed by atoms with Gasteiger partial charge in [-0.15, -0.1) is 0 Å². The summed E-state index contributed by atoms with van der Waals surface area (Å²) in [5.74, 6) is -1.17. The Morgan fingerprint density at radius 2 is 1.61 bits per heavy atom. The number of nitrogens with one attached hydrogen (secondary N) is 1. The molecule has 0 unspecified atom stereocenters. The lowest BCUT2D eigenvalue weighted by atomic mass is 9.63. The van der Waals surface area contributed by atoms with Gasteiger partial charge in [-0.05, 0) is 42.2 Å². The molecule has 4 aliphatic carbocycles.